The highest BCUT2D eigenvalue weighted by atomic mass is 16.5. The average molecular weight is 359 g/mol. The monoisotopic (exact) mass is 359 g/mol. The van der Waals surface area contributed by atoms with Gasteiger partial charge in [-0.2, -0.15) is 0 Å². The normalized spacial score (nSPS) is 17.1. The van der Waals surface area contributed by atoms with Gasteiger partial charge in [0.15, 0.2) is 6.10 Å². The summed E-state index contributed by atoms with van der Waals surface area (Å²) in [4.78, 5) is 28.9. The topological polar surface area (TPSA) is 59.2 Å². The second-order valence-electron chi connectivity index (χ2n) is 6.86. The van der Waals surface area contributed by atoms with Crippen LogP contribution in [0.3, 0.4) is 0 Å². The predicted octanol–water partition coefficient (Wildman–Crippen LogP) is 4.99. The summed E-state index contributed by atoms with van der Waals surface area (Å²) in [7, 11) is 0. The maximum absolute atomic E-state index is 13.3. The van der Waals surface area contributed by atoms with Crippen LogP contribution in [0.1, 0.15) is 41.3 Å². The molecule has 1 heterocycles. The molecule has 0 bridgehead atoms. The molecule has 136 valence electrons. The van der Waals surface area contributed by atoms with E-state index < -0.39 is 6.10 Å². The Bertz CT molecular complexity index is 987. The number of aromatic amines is 1. The second kappa shape index (κ2) is 7.62. The van der Waals surface area contributed by atoms with Crippen LogP contribution in [0.15, 0.2) is 72.9 Å². The van der Waals surface area contributed by atoms with Crippen LogP contribution in [-0.4, -0.2) is 16.7 Å². The highest BCUT2D eigenvalue weighted by Crippen LogP contribution is 2.29. The Labute approximate surface area is 157 Å². The van der Waals surface area contributed by atoms with Crippen LogP contribution in [-0.2, 0) is 9.53 Å². The van der Waals surface area contributed by atoms with Gasteiger partial charge in [-0.3, -0.25) is 9.59 Å². The van der Waals surface area contributed by atoms with Crippen LogP contribution < -0.4 is 0 Å². The van der Waals surface area contributed by atoms with Crippen molar-refractivity contribution in [2.45, 2.75) is 25.4 Å². The predicted molar refractivity (Wildman–Crippen MR) is 104 cm³/mol. The van der Waals surface area contributed by atoms with Gasteiger partial charge in [-0.25, -0.2) is 0 Å². The minimum atomic E-state index is -0.941. The second-order valence-corrected chi connectivity index (χ2v) is 6.86. The van der Waals surface area contributed by atoms with Crippen LogP contribution in [0.5, 0.6) is 0 Å². The summed E-state index contributed by atoms with van der Waals surface area (Å²) in [5.74, 6) is -0.348. The maximum atomic E-state index is 13.3. The summed E-state index contributed by atoms with van der Waals surface area (Å²) in [6.07, 6.45) is 7.15. The smallest absolute Gasteiger partial charge is 0.307 e. The van der Waals surface area contributed by atoms with E-state index in [1.807, 2.05) is 54.6 Å². The number of hydrogen-bond acceptors (Lipinski definition) is 3. The summed E-state index contributed by atoms with van der Waals surface area (Å²) in [6.45, 7) is 0. The lowest BCUT2D eigenvalue weighted by atomic mass is 9.99. The van der Waals surface area contributed by atoms with Gasteiger partial charge >= 0.3 is 5.97 Å². The molecule has 0 radical (unpaired) electrons. The van der Waals surface area contributed by atoms with E-state index in [9.17, 15) is 9.59 Å². The molecule has 0 spiro atoms. The number of carbonyl (C=O) groups is 2. The molecular weight excluding hydrogens is 338 g/mol. The van der Waals surface area contributed by atoms with E-state index >= 15 is 0 Å². The molecular formula is C23H21NO3. The van der Waals surface area contributed by atoms with Crippen molar-refractivity contribution in [3.8, 4) is 0 Å². The fourth-order valence-electron chi connectivity index (χ4n) is 3.58. The van der Waals surface area contributed by atoms with Gasteiger partial charge in [-0.05, 0) is 24.8 Å². The van der Waals surface area contributed by atoms with Gasteiger partial charge in [-0.15, -0.1) is 0 Å². The van der Waals surface area contributed by atoms with Crippen molar-refractivity contribution in [2.24, 2.45) is 5.92 Å². The van der Waals surface area contributed by atoms with Crippen molar-refractivity contribution >= 4 is 22.7 Å². The number of aromatic nitrogens is 1. The number of H-pyrrole nitrogens is 1. The van der Waals surface area contributed by atoms with E-state index in [4.69, 9.17) is 4.74 Å². The van der Waals surface area contributed by atoms with Crippen molar-refractivity contribution in [1.82, 2.24) is 4.98 Å². The number of carbonyl (C=O) groups excluding carboxylic acids is 2. The lowest BCUT2D eigenvalue weighted by Gasteiger charge is -2.18. The van der Waals surface area contributed by atoms with Gasteiger partial charge in [0.05, 0.1) is 6.42 Å². The van der Waals surface area contributed by atoms with Crippen LogP contribution in [0.25, 0.3) is 10.9 Å². The number of allylic oxidation sites excluding steroid dienone is 2. The van der Waals surface area contributed by atoms with Gasteiger partial charge in [0, 0.05) is 28.2 Å². The van der Waals surface area contributed by atoms with E-state index in [1.54, 1.807) is 6.20 Å². The molecule has 1 aliphatic carbocycles. The number of benzene rings is 2. The summed E-state index contributed by atoms with van der Waals surface area (Å²) >= 11 is 0. The zero-order valence-corrected chi connectivity index (χ0v) is 14.9. The Hall–Kier alpha value is -3.14. The molecule has 4 nitrogen and oxygen atoms in total. The molecule has 1 aliphatic rings. The van der Waals surface area contributed by atoms with Gasteiger partial charge in [0.2, 0.25) is 5.78 Å². The molecule has 4 heteroatoms. The van der Waals surface area contributed by atoms with Gasteiger partial charge in [0.1, 0.15) is 0 Å². The summed E-state index contributed by atoms with van der Waals surface area (Å²) < 4.78 is 5.70. The van der Waals surface area contributed by atoms with Crippen molar-refractivity contribution in [1.29, 1.82) is 0 Å². The quantitative estimate of drug-likeness (QED) is 0.383. The largest absolute Gasteiger partial charge is 0.449 e. The molecule has 4 rings (SSSR count). The summed E-state index contributed by atoms with van der Waals surface area (Å²) in [5.41, 5.74) is 2.10. The highest BCUT2D eigenvalue weighted by molar-refractivity contribution is 6.10. The van der Waals surface area contributed by atoms with E-state index in [0.29, 0.717) is 17.5 Å². The van der Waals surface area contributed by atoms with Gasteiger partial charge in [-0.1, -0.05) is 60.7 Å². The third-order valence-corrected chi connectivity index (χ3v) is 4.99. The number of para-hydroxylation sites is 1. The van der Waals surface area contributed by atoms with E-state index in [0.717, 1.165) is 23.7 Å². The Morgan fingerprint density at radius 1 is 1.07 bits per heavy atom. The van der Waals surface area contributed by atoms with E-state index in [-0.39, 0.29) is 17.7 Å². The molecule has 0 fully saturated rings. The number of hydrogen-bond donors (Lipinski definition) is 1. The Morgan fingerprint density at radius 3 is 2.63 bits per heavy atom. The first-order chi connectivity index (χ1) is 13.2. The standard InChI is InChI=1S/C23H21NO3/c25-21(14-16-8-4-5-9-16)27-23(17-10-2-1-3-11-17)22(26)19-15-24-20-13-7-6-12-18(19)20/h1-4,6-8,10-13,15-16,23-24H,5,9,14H2/t16-,23-/m1/s1. The molecule has 27 heavy (non-hydrogen) atoms. The van der Waals surface area contributed by atoms with Crippen molar-refractivity contribution < 1.29 is 14.3 Å². The molecule has 0 saturated heterocycles. The van der Waals surface area contributed by atoms with Gasteiger partial charge in [0.25, 0.3) is 0 Å². The Balaban J connectivity index is 1.62. The van der Waals surface area contributed by atoms with E-state index in [1.165, 1.54) is 0 Å². The Morgan fingerprint density at radius 2 is 1.85 bits per heavy atom. The van der Waals surface area contributed by atoms with Crippen LogP contribution in [0.2, 0.25) is 0 Å². The van der Waals surface area contributed by atoms with Crippen LogP contribution in [0.4, 0.5) is 0 Å². The lowest BCUT2D eigenvalue weighted by Crippen LogP contribution is -2.21. The van der Waals surface area contributed by atoms with Gasteiger partial charge < -0.3 is 9.72 Å². The molecule has 0 amide bonds. The van der Waals surface area contributed by atoms with Crippen molar-refractivity contribution in [3.63, 3.8) is 0 Å². The third kappa shape index (κ3) is 3.70. The first-order valence-corrected chi connectivity index (χ1v) is 9.24. The zero-order valence-electron chi connectivity index (χ0n) is 14.9. The fourth-order valence-corrected chi connectivity index (χ4v) is 3.58. The number of fused-ring (bicyclic) bond motifs is 1. The third-order valence-electron chi connectivity index (χ3n) is 4.99. The lowest BCUT2D eigenvalue weighted by molar-refractivity contribution is -0.148. The van der Waals surface area contributed by atoms with Crippen LogP contribution >= 0.6 is 0 Å². The molecule has 0 unspecified atom stereocenters. The SMILES string of the molecule is O=C(C[C@@H]1C=CCC1)O[C@@H](C(=O)c1c[nH]c2ccccc12)c1ccccc1. The molecule has 0 aliphatic heterocycles. The number of Topliss-reactive ketones (excluding diaryl/α,β-unsaturated/α-hetero) is 1. The first-order valence-electron chi connectivity index (χ1n) is 9.24. The number of ketones is 1. The minimum absolute atomic E-state index is 0.206. The molecule has 3 aromatic rings. The fraction of sp³-hybridized carbons (Fsp3) is 0.217. The average Bonchev–Trinajstić information content (AvgIpc) is 3.36. The molecule has 2 atom stereocenters. The number of rotatable bonds is 6. The molecule has 2 aromatic carbocycles. The van der Waals surface area contributed by atoms with Crippen LogP contribution in [0, 0.1) is 5.92 Å². The maximum Gasteiger partial charge on any atom is 0.307 e. The summed E-state index contributed by atoms with van der Waals surface area (Å²) in [6, 6.07) is 16.8. The number of ether oxygens (including phenoxy) is 1. The van der Waals surface area contributed by atoms with Crippen molar-refractivity contribution in [2.75, 3.05) is 0 Å². The molecule has 0 saturated carbocycles. The van der Waals surface area contributed by atoms with Crippen molar-refractivity contribution in [3.05, 3.63) is 84.1 Å². The zero-order chi connectivity index (χ0) is 18.6. The Kier molecular flexibility index (Phi) is 4.88. The number of esters is 1. The molecule has 1 N–H and O–H groups in total. The first kappa shape index (κ1) is 17.3. The number of nitrogens with one attached hydrogen (secondary N) is 1. The highest BCUT2D eigenvalue weighted by Gasteiger charge is 2.28. The van der Waals surface area contributed by atoms with E-state index in [2.05, 4.69) is 17.1 Å². The molecule has 1 aromatic heterocycles. The summed E-state index contributed by atoms with van der Waals surface area (Å²) in [5, 5.41) is 0.832. The minimum Gasteiger partial charge on any atom is -0.449 e.